The van der Waals surface area contributed by atoms with Crippen LogP contribution in [0.1, 0.15) is 73.8 Å². The second-order valence-corrected chi connectivity index (χ2v) is 10.2. The Bertz CT molecular complexity index is 1330. The van der Waals surface area contributed by atoms with Crippen molar-refractivity contribution < 1.29 is 14.4 Å². The summed E-state index contributed by atoms with van der Waals surface area (Å²) in [6.45, 7) is 7.95. The number of amides is 3. The van der Waals surface area contributed by atoms with Crippen LogP contribution in [0.3, 0.4) is 0 Å². The number of H-pyrrole nitrogens is 1. The zero-order valence-corrected chi connectivity index (χ0v) is 21.3. The summed E-state index contributed by atoms with van der Waals surface area (Å²) < 4.78 is 0. The number of nitrogens with zero attached hydrogens (tertiary/aromatic N) is 1. The summed E-state index contributed by atoms with van der Waals surface area (Å²) in [5.41, 5.74) is 4.54. The Labute approximate surface area is 211 Å². The summed E-state index contributed by atoms with van der Waals surface area (Å²) >= 11 is 0. The molecule has 5 atom stereocenters. The van der Waals surface area contributed by atoms with Gasteiger partial charge in [0.25, 0.3) is 5.91 Å². The van der Waals surface area contributed by atoms with Crippen LogP contribution in [0.2, 0.25) is 0 Å². The molecule has 0 saturated carbocycles. The van der Waals surface area contributed by atoms with E-state index in [0.29, 0.717) is 12.0 Å². The average Bonchev–Trinajstić information content (AvgIpc) is 3.41. The number of carbonyl (C=O) groups is 3. The summed E-state index contributed by atoms with van der Waals surface area (Å²) in [7, 11) is 0. The maximum absolute atomic E-state index is 13.9. The van der Waals surface area contributed by atoms with E-state index in [-0.39, 0.29) is 35.7 Å². The molecule has 188 valence electrons. The summed E-state index contributed by atoms with van der Waals surface area (Å²) in [6.07, 6.45) is 1.94. The van der Waals surface area contributed by atoms with Crippen LogP contribution in [0.25, 0.3) is 10.9 Å². The van der Waals surface area contributed by atoms with Gasteiger partial charge in [-0.2, -0.15) is 0 Å². The van der Waals surface area contributed by atoms with E-state index in [1.807, 2.05) is 70.2 Å². The van der Waals surface area contributed by atoms with Crippen LogP contribution in [0.4, 0.5) is 0 Å². The van der Waals surface area contributed by atoms with Crippen molar-refractivity contribution in [2.24, 2.45) is 5.92 Å². The predicted molar refractivity (Wildman–Crippen MR) is 140 cm³/mol. The fourth-order valence-electron chi connectivity index (χ4n) is 5.52. The molecule has 2 aliphatic rings. The van der Waals surface area contributed by atoms with Gasteiger partial charge in [-0.15, -0.1) is 0 Å². The van der Waals surface area contributed by atoms with Crippen LogP contribution in [0.15, 0.2) is 48.5 Å². The van der Waals surface area contributed by atoms with Crippen LogP contribution in [0, 0.1) is 5.92 Å². The molecular formula is C29H34N4O3. The van der Waals surface area contributed by atoms with Gasteiger partial charge in [-0.3, -0.25) is 14.4 Å². The van der Waals surface area contributed by atoms with Gasteiger partial charge in [0.2, 0.25) is 11.8 Å². The number of hydrogen-bond acceptors (Lipinski definition) is 3. The molecule has 3 amide bonds. The van der Waals surface area contributed by atoms with Crippen molar-refractivity contribution >= 4 is 28.6 Å². The van der Waals surface area contributed by atoms with Gasteiger partial charge in [-0.1, -0.05) is 63.6 Å². The van der Waals surface area contributed by atoms with E-state index in [4.69, 9.17) is 0 Å². The topological polar surface area (TPSA) is 94.3 Å². The van der Waals surface area contributed by atoms with E-state index in [0.717, 1.165) is 40.6 Å². The van der Waals surface area contributed by atoms with Crippen molar-refractivity contribution in [1.82, 2.24) is 20.5 Å². The maximum Gasteiger partial charge on any atom is 0.255 e. The second-order valence-electron chi connectivity index (χ2n) is 10.2. The Morgan fingerprint density at radius 2 is 1.75 bits per heavy atom. The first-order valence-electron chi connectivity index (χ1n) is 13.0. The van der Waals surface area contributed by atoms with Gasteiger partial charge < -0.3 is 20.5 Å². The van der Waals surface area contributed by atoms with Crippen molar-refractivity contribution in [1.29, 1.82) is 0 Å². The van der Waals surface area contributed by atoms with Crippen LogP contribution in [-0.2, 0) is 16.0 Å². The molecule has 3 aromatic rings. The smallest absolute Gasteiger partial charge is 0.255 e. The minimum atomic E-state index is -0.718. The van der Waals surface area contributed by atoms with E-state index < -0.39 is 12.1 Å². The molecule has 36 heavy (non-hydrogen) atoms. The first kappa shape index (κ1) is 24.1. The van der Waals surface area contributed by atoms with E-state index in [9.17, 15) is 14.4 Å². The quantitative estimate of drug-likeness (QED) is 0.470. The molecule has 7 heteroatoms. The molecule has 0 bridgehead atoms. The lowest BCUT2D eigenvalue weighted by atomic mass is 9.89. The van der Waals surface area contributed by atoms with E-state index in [1.165, 1.54) is 0 Å². The number of nitrogens with one attached hydrogen (secondary N) is 3. The van der Waals surface area contributed by atoms with Gasteiger partial charge in [-0.05, 0) is 42.5 Å². The lowest BCUT2D eigenvalue weighted by Gasteiger charge is -2.38. The molecule has 0 unspecified atom stereocenters. The van der Waals surface area contributed by atoms with Crippen molar-refractivity contribution in [2.45, 2.75) is 71.1 Å². The van der Waals surface area contributed by atoms with Gasteiger partial charge in [0.1, 0.15) is 12.1 Å². The highest BCUT2D eigenvalue weighted by atomic mass is 16.2. The number of hydrogen-bond donors (Lipinski definition) is 3. The lowest BCUT2D eigenvalue weighted by molar-refractivity contribution is -0.133. The fraction of sp³-hybridized carbons (Fsp3) is 0.414. The highest BCUT2D eigenvalue weighted by molar-refractivity contribution is 6.04. The summed E-state index contributed by atoms with van der Waals surface area (Å²) in [6, 6.07) is 13.9. The summed E-state index contributed by atoms with van der Waals surface area (Å²) in [4.78, 5) is 45.9. The van der Waals surface area contributed by atoms with Crippen molar-refractivity contribution in [3.63, 3.8) is 0 Å². The Kier molecular flexibility index (Phi) is 6.33. The summed E-state index contributed by atoms with van der Waals surface area (Å²) in [5.74, 6) is -0.665. The van der Waals surface area contributed by atoms with Crippen LogP contribution < -0.4 is 10.6 Å². The highest BCUT2D eigenvalue weighted by Gasteiger charge is 2.49. The SMILES string of the molecule is CC[C@H](C)NC(=O)[C@@H](NC(=O)[C@@H]1Cc2c([nH]c3ccccc23)[C@H]2c3ccccc3C(=O)N21)[C@@H](C)CC. The zero-order chi connectivity index (χ0) is 25.6. The third-order valence-corrected chi connectivity index (χ3v) is 7.95. The first-order valence-corrected chi connectivity index (χ1v) is 13.0. The number of para-hydroxylation sites is 1. The Hall–Kier alpha value is -3.61. The third kappa shape index (κ3) is 3.87. The van der Waals surface area contributed by atoms with E-state index >= 15 is 0 Å². The Morgan fingerprint density at radius 1 is 1.03 bits per heavy atom. The molecule has 2 aliphatic heterocycles. The molecule has 0 aliphatic carbocycles. The zero-order valence-electron chi connectivity index (χ0n) is 21.3. The van der Waals surface area contributed by atoms with Crippen LogP contribution in [0.5, 0.6) is 0 Å². The molecule has 2 aromatic carbocycles. The molecule has 0 radical (unpaired) electrons. The van der Waals surface area contributed by atoms with Crippen molar-refractivity contribution in [3.05, 3.63) is 70.9 Å². The number of fused-ring (bicyclic) bond motifs is 7. The molecule has 5 rings (SSSR count). The minimum Gasteiger partial charge on any atom is -0.356 e. The number of benzene rings is 2. The number of aromatic nitrogens is 1. The Morgan fingerprint density at radius 3 is 2.50 bits per heavy atom. The standard InChI is InChI=1S/C29H34N4O3/c1-5-16(3)24(28(35)30-17(4)6-2)32-27(34)23-15-21-18-11-9-10-14-22(18)31-25(21)26-19-12-7-8-13-20(19)29(36)33(23)26/h7-14,16-17,23-24,26,31H,5-6,15H2,1-4H3,(H,30,35)(H,32,34)/t16-,17-,23-,24-,26+/m0/s1. The molecule has 3 N–H and O–H groups in total. The molecule has 0 spiro atoms. The normalized spacial score (nSPS) is 20.8. The molecule has 3 heterocycles. The molecule has 1 aromatic heterocycles. The van der Waals surface area contributed by atoms with Gasteiger partial charge in [0, 0.05) is 34.6 Å². The van der Waals surface area contributed by atoms with Gasteiger partial charge >= 0.3 is 0 Å². The number of rotatable bonds is 7. The van der Waals surface area contributed by atoms with Gasteiger partial charge in [-0.25, -0.2) is 0 Å². The molecule has 0 saturated heterocycles. The van der Waals surface area contributed by atoms with E-state index in [2.05, 4.69) is 21.7 Å². The monoisotopic (exact) mass is 486 g/mol. The average molecular weight is 487 g/mol. The van der Waals surface area contributed by atoms with Crippen LogP contribution in [-0.4, -0.2) is 45.7 Å². The summed E-state index contributed by atoms with van der Waals surface area (Å²) in [5, 5.41) is 7.13. The van der Waals surface area contributed by atoms with Crippen molar-refractivity contribution in [3.8, 4) is 0 Å². The van der Waals surface area contributed by atoms with Gasteiger partial charge in [0.15, 0.2) is 0 Å². The predicted octanol–water partition coefficient (Wildman–Crippen LogP) is 4.08. The first-order chi connectivity index (χ1) is 17.3. The largest absolute Gasteiger partial charge is 0.356 e. The maximum atomic E-state index is 13.9. The van der Waals surface area contributed by atoms with Gasteiger partial charge in [0.05, 0.1) is 6.04 Å². The van der Waals surface area contributed by atoms with Crippen molar-refractivity contribution in [2.75, 3.05) is 0 Å². The minimum absolute atomic E-state index is 0.0171. The third-order valence-electron chi connectivity index (χ3n) is 7.95. The number of carbonyl (C=O) groups excluding carboxylic acids is 3. The van der Waals surface area contributed by atoms with E-state index in [1.54, 1.807) is 4.90 Å². The van der Waals surface area contributed by atoms with Crippen LogP contribution >= 0.6 is 0 Å². The molecule has 0 fully saturated rings. The number of aromatic amines is 1. The molecular weight excluding hydrogens is 452 g/mol. The highest BCUT2D eigenvalue weighted by Crippen LogP contribution is 2.46. The second kappa shape index (κ2) is 9.45. The lowest BCUT2D eigenvalue weighted by Crippen LogP contribution is -2.58. The molecule has 7 nitrogen and oxygen atoms in total. The fourth-order valence-corrected chi connectivity index (χ4v) is 5.52. The Balaban J connectivity index is 1.54.